The van der Waals surface area contributed by atoms with Gasteiger partial charge in [0.25, 0.3) is 5.91 Å². The summed E-state index contributed by atoms with van der Waals surface area (Å²) in [7, 11) is 6.30. The van der Waals surface area contributed by atoms with Crippen LogP contribution in [0, 0.1) is 0 Å². The Morgan fingerprint density at radius 3 is 2.33 bits per heavy atom. The van der Waals surface area contributed by atoms with Crippen molar-refractivity contribution in [3.63, 3.8) is 0 Å². The number of quaternary nitrogens is 1. The number of rotatable bonds is 5. The van der Waals surface area contributed by atoms with Gasteiger partial charge in [0.1, 0.15) is 5.71 Å². The SMILES string of the molecule is C/C(=N\O)C(=O)NCCC[N+](C)(C)C.[I-]. The molecule has 0 unspecified atom stereocenters. The normalized spacial score (nSPS) is 11.9. The standard InChI is InChI=1S/C9H19N3O2.HI/c1-8(11-14)9(13)10-6-5-7-12(2,3)4;/h5-7H2,1-4H3,(H-,10,13,14);1H. The van der Waals surface area contributed by atoms with Crippen molar-refractivity contribution in [1.29, 1.82) is 0 Å². The van der Waals surface area contributed by atoms with E-state index in [4.69, 9.17) is 5.21 Å². The van der Waals surface area contributed by atoms with Crippen LogP contribution in [-0.2, 0) is 4.79 Å². The zero-order valence-corrected chi connectivity index (χ0v) is 11.9. The molecule has 0 atom stereocenters. The first-order valence-corrected chi connectivity index (χ1v) is 4.64. The number of halogens is 1. The molecule has 0 radical (unpaired) electrons. The molecule has 0 aliphatic rings. The maximum Gasteiger partial charge on any atom is 0.268 e. The number of amides is 1. The summed E-state index contributed by atoms with van der Waals surface area (Å²) in [5.74, 6) is -0.311. The van der Waals surface area contributed by atoms with E-state index < -0.39 is 0 Å². The molecule has 90 valence electrons. The van der Waals surface area contributed by atoms with Gasteiger partial charge in [-0.2, -0.15) is 0 Å². The van der Waals surface area contributed by atoms with Crippen molar-refractivity contribution in [2.75, 3.05) is 34.2 Å². The predicted octanol–water partition coefficient (Wildman–Crippen LogP) is -2.95. The predicted molar refractivity (Wildman–Crippen MR) is 55.4 cm³/mol. The van der Waals surface area contributed by atoms with Crippen molar-refractivity contribution in [2.24, 2.45) is 5.16 Å². The lowest BCUT2D eigenvalue weighted by molar-refractivity contribution is -0.870. The average molecular weight is 329 g/mol. The van der Waals surface area contributed by atoms with Crippen LogP contribution in [0.25, 0.3) is 0 Å². The van der Waals surface area contributed by atoms with Crippen LogP contribution in [0.1, 0.15) is 13.3 Å². The van der Waals surface area contributed by atoms with Crippen molar-refractivity contribution in [3.05, 3.63) is 0 Å². The van der Waals surface area contributed by atoms with Gasteiger partial charge in [0.05, 0.1) is 27.7 Å². The third-order valence-corrected chi connectivity index (χ3v) is 1.77. The molecule has 0 aromatic carbocycles. The minimum Gasteiger partial charge on any atom is -1.00 e. The Bertz CT molecular complexity index is 224. The van der Waals surface area contributed by atoms with Crippen LogP contribution in [-0.4, -0.2) is 55.5 Å². The highest BCUT2D eigenvalue weighted by Gasteiger charge is 2.08. The molecular weight excluding hydrogens is 309 g/mol. The van der Waals surface area contributed by atoms with E-state index in [1.807, 2.05) is 0 Å². The lowest BCUT2D eigenvalue weighted by Crippen LogP contribution is -3.00. The molecular formula is C9H20IN3O2. The van der Waals surface area contributed by atoms with Crippen molar-refractivity contribution >= 4 is 11.6 Å². The number of oxime groups is 1. The molecule has 15 heavy (non-hydrogen) atoms. The van der Waals surface area contributed by atoms with E-state index in [9.17, 15) is 4.79 Å². The summed E-state index contributed by atoms with van der Waals surface area (Å²) < 4.78 is 0.878. The van der Waals surface area contributed by atoms with Gasteiger partial charge in [-0.15, -0.1) is 0 Å². The molecule has 0 aromatic rings. The Kier molecular flexibility index (Phi) is 8.93. The third kappa shape index (κ3) is 9.92. The van der Waals surface area contributed by atoms with Gasteiger partial charge >= 0.3 is 0 Å². The quantitative estimate of drug-likeness (QED) is 0.142. The summed E-state index contributed by atoms with van der Waals surface area (Å²) >= 11 is 0. The molecule has 0 fully saturated rings. The molecule has 0 heterocycles. The highest BCUT2D eigenvalue weighted by Crippen LogP contribution is 1.91. The van der Waals surface area contributed by atoms with E-state index in [2.05, 4.69) is 31.6 Å². The summed E-state index contributed by atoms with van der Waals surface area (Å²) in [6.45, 7) is 3.08. The van der Waals surface area contributed by atoms with Crippen LogP contribution < -0.4 is 29.3 Å². The van der Waals surface area contributed by atoms with E-state index in [1.54, 1.807) is 0 Å². The number of nitrogens with one attached hydrogen (secondary N) is 1. The fourth-order valence-corrected chi connectivity index (χ4v) is 0.929. The van der Waals surface area contributed by atoms with Crippen LogP contribution in [0.4, 0.5) is 0 Å². The summed E-state index contributed by atoms with van der Waals surface area (Å²) in [4.78, 5) is 11.1. The van der Waals surface area contributed by atoms with E-state index in [-0.39, 0.29) is 35.6 Å². The summed E-state index contributed by atoms with van der Waals surface area (Å²) in [5, 5.41) is 13.8. The van der Waals surface area contributed by atoms with Gasteiger partial charge in [-0.05, 0) is 6.92 Å². The molecule has 0 aliphatic carbocycles. The second-order valence-electron chi connectivity index (χ2n) is 4.31. The van der Waals surface area contributed by atoms with Gasteiger partial charge in [-0.3, -0.25) is 4.79 Å². The minimum atomic E-state index is -0.311. The zero-order chi connectivity index (χ0) is 11.2. The first kappa shape index (κ1) is 17.0. The molecule has 1 amide bonds. The van der Waals surface area contributed by atoms with Crippen molar-refractivity contribution in [3.8, 4) is 0 Å². The number of nitrogens with zero attached hydrogens (tertiary/aromatic N) is 2. The molecule has 2 N–H and O–H groups in total. The first-order chi connectivity index (χ1) is 6.37. The van der Waals surface area contributed by atoms with E-state index in [1.165, 1.54) is 6.92 Å². The van der Waals surface area contributed by atoms with Crippen molar-refractivity contribution in [2.45, 2.75) is 13.3 Å². The Labute approximate surface area is 108 Å². The van der Waals surface area contributed by atoms with E-state index in [0.717, 1.165) is 17.4 Å². The highest BCUT2D eigenvalue weighted by molar-refractivity contribution is 6.37. The lowest BCUT2D eigenvalue weighted by atomic mass is 10.3. The third-order valence-electron chi connectivity index (χ3n) is 1.77. The zero-order valence-electron chi connectivity index (χ0n) is 9.75. The molecule has 0 spiro atoms. The molecule has 6 heteroatoms. The Balaban J connectivity index is 0. The Morgan fingerprint density at radius 1 is 1.40 bits per heavy atom. The van der Waals surface area contributed by atoms with Gasteiger partial charge in [0, 0.05) is 13.0 Å². The maximum atomic E-state index is 11.1. The minimum absolute atomic E-state index is 0. The molecule has 0 rings (SSSR count). The van der Waals surface area contributed by atoms with E-state index in [0.29, 0.717) is 6.54 Å². The Morgan fingerprint density at radius 2 is 1.93 bits per heavy atom. The number of hydrogen-bond acceptors (Lipinski definition) is 3. The van der Waals surface area contributed by atoms with Crippen LogP contribution in [0.2, 0.25) is 0 Å². The summed E-state index contributed by atoms with van der Waals surface area (Å²) in [5.41, 5.74) is 0.0928. The largest absolute Gasteiger partial charge is 1.00 e. The first-order valence-electron chi connectivity index (χ1n) is 4.64. The molecule has 0 aromatic heterocycles. The van der Waals surface area contributed by atoms with Crippen molar-refractivity contribution in [1.82, 2.24) is 5.32 Å². The van der Waals surface area contributed by atoms with Crippen LogP contribution in [0.15, 0.2) is 5.16 Å². The number of hydrogen-bond donors (Lipinski definition) is 2. The Hall–Kier alpha value is -0.370. The van der Waals surface area contributed by atoms with Crippen molar-refractivity contribution < 1.29 is 38.5 Å². The van der Waals surface area contributed by atoms with Gasteiger partial charge in [0.2, 0.25) is 0 Å². The number of carbonyl (C=O) groups excluding carboxylic acids is 1. The van der Waals surface area contributed by atoms with Gasteiger partial charge in [-0.1, -0.05) is 5.16 Å². The molecule has 0 bridgehead atoms. The molecule has 0 saturated carbocycles. The summed E-state index contributed by atoms with van der Waals surface area (Å²) in [6.07, 6.45) is 0.911. The molecule has 5 nitrogen and oxygen atoms in total. The topological polar surface area (TPSA) is 61.7 Å². The molecule has 0 saturated heterocycles. The second-order valence-corrected chi connectivity index (χ2v) is 4.31. The lowest BCUT2D eigenvalue weighted by Gasteiger charge is -2.23. The number of carbonyl (C=O) groups is 1. The highest BCUT2D eigenvalue weighted by atomic mass is 127. The van der Waals surface area contributed by atoms with Gasteiger partial charge in [-0.25, -0.2) is 0 Å². The van der Waals surface area contributed by atoms with Gasteiger partial charge < -0.3 is 39.0 Å². The monoisotopic (exact) mass is 329 g/mol. The smallest absolute Gasteiger partial charge is 0.268 e. The van der Waals surface area contributed by atoms with Crippen LogP contribution >= 0.6 is 0 Å². The second kappa shape index (κ2) is 7.86. The summed E-state index contributed by atoms with van der Waals surface area (Å²) in [6, 6.07) is 0. The fraction of sp³-hybridized carbons (Fsp3) is 0.778. The average Bonchev–Trinajstić information content (AvgIpc) is 2.09. The van der Waals surface area contributed by atoms with Crippen LogP contribution in [0.3, 0.4) is 0 Å². The maximum absolute atomic E-state index is 11.1. The fourth-order valence-electron chi connectivity index (χ4n) is 0.929. The van der Waals surface area contributed by atoms with Gasteiger partial charge in [0.15, 0.2) is 0 Å². The van der Waals surface area contributed by atoms with E-state index >= 15 is 0 Å². The van der Waals surface area contributed by atoms with Crippen LogP contribution in [0.5, 0.6) is 0 Å². The molecule has 0 aliphatic heterocycles.